The molecular weight excluding hydrogens is 474 g/mol. The van der Waals surface area contributed by atoms with Crippen LogP contribution < -0.4 is 0 Å². The van der Waals surface area contributed by atoms with Crippen molar-refractivity contribution in [2.45, 2.75) is 31.5 Å². The molecule has 5 nitrogen and oxygen atoms in total. The Morgan fingerprint density at radius 1 is 1.12 bits per heavy atom. The van der Waals surface area contributed by atoms with Gasteiger partial charge in [0, 0.05) is 23.9 Å². The molecule has 1 aliphatic rings. The molecule has 10 heteroatoms. The molecule has 1 aliphatic heterocycles. The first-order valence-electron chi connectivity index (χ1n) is 10.6. The van der Waals surface area contributed by atoms with Crippen molar-refractivity contribution in [3.63, 3.8) is 0 Å². The Balaban J connectivity index is 1.61. The number of likely N-dealkylation sites (tertiary alicyclic amines) is 1. The molecular formula is C24H18ClF4N3O2. The quantitative estimate of drug-likeness (QED) is 0.297. The lowest BCUT2D eigenvalue weighted by atomic mass is 9.95. The maximum absolute atomic E-state index is 13.9. The minimum Gasteiger partial charge on any atom is -0.472 e. The molecule has 1 unspecified atom stereocenters. The Hall–Kier alpha value is -3.33. The van der Waals surface area contributed by atoms with E-state index in [0.29, 0.717) is 18.5 Å². The van der Waals surface area contributed by atoms with Gasteiger partial charge in [-0.25, -0.2) is 9.37 Å². The van der Waals surface area contributed by atoms with E-state index in [1.165, 1.54) is 36.9 Å². The van der Waals surface area contributed by atoms with Crippen LogP contribution in [0.2, 0.25) is 5.15 Å². The molecule has 0 saturated carbocycles. The fourth-order valence-corrected chi connectivity index (χ4v) is 4.64. The molecule has 4 aromatic rings. The number of piperidine rings is 1. The monoisotopic (exact) mass is 491 g/mol. The second kappa shape index (κ2) is 8.47. The average Bonchev–Trinajstić information content (AvgIpc) is 3.47. The van der Waals surface area contributed by atoms with Crippen LogP contribution >= 0.6 is 11.6 Å². The molecule has 4 heterocycles. The first-order chi connectivity index (χ1) is 16.2. The van der Waals surface area contributed by atoms with Gasteiger partial charge in [0.25, 0.3) is 5.91 Å². The minimum absolute atomic E-state index is 0.209. The number of alkyl halides is 3. The highest BCUT2D eigenvalue weighted by Gasteiger charge is 2.37. The smallest absolute Gasteiger partial charge is 0.420 e. The standard InChI is InChI=1S/C24H18ClF4N3O2/c25-21-20(23(33)31-9-2-1-3-19(31)14-4-6-17(26)7-5-14)30-22-18(24(27,28)29)11-16(12-32(21)22)15-8-10-34-13-15/h4-8,10-13,19H,1-3,9H2. The van der Waals surface area contributed by atoms with Crippen LogP contribution in [0.4, 0.5) is 17.6 Å². The van der Waals surface area contributed by atoms with E-state index < -0.39 is 29.1 Å². The van der Waals surface area contributed by atoms with Crippen LogP contribution in [0.5, 0.6) is 0 Å². The Labute approximate surface area is 196 Å². The molecule has 34 heavy (non-hydrogen) atoms. The lowest BCUT2D eigenvalue weighted by molar-refractivity contribution is -0.136. The van der Waals surface area contributed by atoms with Gasteiger partial charge < -0.3 is 9.32 Å². The third-order valence-corrected chi connectivity index (χ3v) is 6.40. The molecule has 0 radical (unpaired) electrons. The molecule has 1 amide bonds. The van der Waals surface area contributed by atoms with E-state index in [1.54, 1.807) is 17.0 Å². The largest absolute Gasteiger partial charge is 0.472 e. The SMILES string of the molecule is O=C(c1nc2c(C(F)(F)F)cc(-c3ccoc3)cn2c1Cl)N1CCCCC1c1ccc(F)cc1. The predicted molar refractivity (Wildman–Crippen MR) is 117 cm³/mol. The zero-order chi connectivity index (χ0) is 24.0. The van der Waals surface area contributed by atoms with Gasteiger partial charge in [-0.3, -0.25) is 9.20 Å². The van der Waals surface area contributed by atoms with Crippen molar-refractivity contribution in [3.8, 4) is 11.1 Å². The summed E-state index contributed by atoms with van der Waals surface area (Å²) in [4.78, 5) is 19.1. The van der Waals surface area contributed by atoms with Gasteiger partial charge in [-0.15, -0.1) is 0 Å². The third kappa shape index (κ3) is 3.94. The average molecular weight is 492 g/mol. The van der Waals surface area contributed by atoms with Crippen LogP contribution in [0.3, 0.4) is 0 Å². The maximum atomic E-state index is 13.9. The number of halogens is 5. The van der Waals surface area contributed by atoms with Crippen molar-refractivity contribution >= 4 is 23.2 Å². The van der Waals surface area contributed by atoms with Gasteiger partial charge in [-0.05, 0) is 49.1 Å². The van der Waals surface area contributed by atoms with E-state index in [-0.39, 0.29) is 22.5 Å². The van der Waals surface area contributed by atoms with Crippen LogP contribution in [-0.2, 0) is 6.18 Å². The molecule has 1 aromatic carbocycles. The lowest BCUT2D eigenvalue weighted by Crippen LogP contribution is -2.38. The molecule has 0 bridgehead atoms. The first kappa shape index (κ1) is 22.5. The Kier molecular flexibility index (Phi) is 5.59. The van der Waals surface area contributed by atoms with Gasteiger partial charge in [0.05, 0.1) is 24.1 Å². The predicted octanol–water partition coefficient (Wildman–Crippen LogP) is 6.77. The van der Waals surface area contributed by atoms with Gasteiger partial charge in [0.2, 0.25) is 0 Å². The van der Waals surface area contributed by atoms with Crippen LogP contribution in [0.1, 0.15) is 46.9 Å². The van der Waals surface area contributed by atoms with E-state index >= 15 is 0 Å². The van der Waals surface area contributed by atoms with Gasteiger partial charge in [0.15, 0.2) is 11.3 Å². The summed E-state index contributed by atoms with van der Waals surface area (Å²) in [7, 11) is 0. The number of aromatic nitrogens is 2. The number of carbonyl (C=O) groups excluding carboxylic acids is 1. The molecule has 0 aliphatic carbocycles. The van der Waals surface area contributed by atoms with Crippen molar-refractivity contribution in [1.29, 1.82) is 0 Å². The van der Waals surface area contributed by atoms with Crippen molar-refractivity contribution in [2.24, 2.45) is 0 Å². The Bertz CT molecular complexity index is 1350. The number of fused-ring (bicyclic) bond motifs is 1. The lowest BCUT2D eigenvalue weighted by Gasteiger charge is -2.35. The van der Waals surface area contributed by atoms with Gasteiger partial charge in [0.1, 0.15) is 11.0 Å². The van der Waals surface area contributed by atoms with E-state index in [1.807, 2.05) is 0 Å². The summed E-state index contributed by atoms with van der Waals surface area (Å²) in [6.07, 6.45) is 1.57. The van der Waals surface area contributed by atoms with Crippen LogP contribution in [0.25, 0.3) is 16.8 Å². The highest BCUT2D eigenvalue weighted by atomic mass is 35.5. The fraction of sp³-hybridized carbons (Fsp3) is 0.250. The number of nitrogens with zero attached hydrogens (tertiary/aromatic N) is 3. The molecule has 1 fully saturated rings. The number of imidazole rings is 1. The zero-order valence-electron chi connectivity index (χ0n) is 17.6. The number of benzene rings is 1. The Morgan fingerprint density at radius 2 is 1.88 bits per heavy atom. The summed E-state index contributed by atoms with van der Waals surface area (Å²) in [6.45, 7) is 0.386. The van der Waals surface area contributed by atoms with E-state index in [9.17, 15) is 22.4 Å². The summed E-state index contributed by atoms with van der Waals surface area (Å²) in [5, 5.41) is -0.209. The number of hydrogen-bond acceptors (Lipinski definition) is 3. The fourth-order valence-electron chi connectivity index (χ4n) is 4.39. The van der Waals surface area contributed by atoms with Crippen molar-refractivity contribution in [3.05, 3.63) is 82.9 Å². The highest BCUT2D eigenvalue weighted by Crippen LogP contribution is 2.38. The Morgan fingerprint density at radius 3 is 2.56 bits per heavy atom. The summed E-state index contributed by atoms with van der Waals surface area (Å²) in [5.41, 5.74) is -0.339. The zero-order valence-corrected chi connectivity index (χ0v) is 18.4. The summed E-state index contributed by atoms with van der Waals surface area (Å²) < 4.78 is 61.2. The maximum Gasteiger partial charge on any atom is 0.420 e. The second-order valence-corrected chi connectivity index (χ2v) is 8.52. The number of hydrogen-bond donors (Lipinski definition) is 0. The number of rotatable bonds is 3. The molecule has 3 aromatic heterocycles. The number of pyridine rings is 1. The molecule has 176 valence electrons. The highest BCUT2D eigenvalue weighted by molar-refractivity contribution is 6.33. The summed E-state index contributed by atoms with van der Waals surface area (Å²) >= 11 is 6.45. The van der Waals surface area contributed by atoms with Crippen molar-refractivity contribution in [2.75, 3.05) is 6.54 Å². The normalized spacial score (nSPS) is 16.9. The van der Waals surface area contributed by atoms with Crippen LogP contribution in [0.15, 0.2) is 59.5 Å². The van der Waals surface area contributed by atoms with Crippen LogP contribution in [0, 0.1) is 5.82 Å². The minimum atomic E-state index is -4.72. The van der Waals surface area contributed by atoms with Gasteiger partial charge >= 0.3 is 6.18 Å². The first-order valence-corrected chi connectivity index (χ1v) is 11.0. The number of amides is 1. The molecule has 1 atom stereocenters. The van der Waals surface area contributed by atoms with E-state index in [4.69, 9.17) is 16.0 Å². The molecule has 0 N–H and O–H groups in total. The summed E-state index contributed by atoms with van der Waals surface area (Å²) in [6, 6.07) is 7.98. The second-order valence-electron chi connectivity index (χ2n) is 8.16. The van der Waals surface area contributed by atoms with Gasteiger partial charge in [-0.1, -0.05) is 23.7 Å². The van der Waals surface area contributed by atoms with Crippen molar-refractivity contribution < 1.29 is 26.8 Å². The molecule has 0 spiro atoms. The van der Waals surface area contributed by atoms with Crippen LogP contribution in [-0.4, -0.2) is 26.7 Å². The molecule has 5 rings (SSSR count). The topological polar surface area (TPSA) is 50.8 Å². The number of carbonyl (C=O) groups is 1. The van der Waals surface area contributed by atoms with E-state index in [0.717, 1.165) is 28.9 Å². The van der Waals surface area contributed by atoms with Gasteiger partial charge in [-0.2, -0.15) is 13.2 Å². The van der Waals surface area contributed by atoms with E-state index in [2.05, 4.69) is 4.98 Å². The van der Waals surface area contributed by atoms with Crippen molar-refractivity contribution in [1.82, 2.24) is 14.3 Å². The third-order valence-electron chi connectivity index (χ3n) is 6.04. The molecule has 1 saturated heterocycles. The summed E-state index contributed by atoms with van der Waals surface area (Å²) in [5.74, 6) is -0.963. The number of furan rings is 1.